The van der Waals surface area contributed by atoms with Gasteiger partial charge in [-0.3, -0.25) is 0 Å². The lowest BCUT2D eigenvalue weighted by Crippen LogP contribution is -1.97. The Morgan fingerprint density at radius 2 is 1.95 bits per heavy atom. The Balaban J connectivity index is 1.81. The van der Waals surface area contributed by atoms with Crippen LogP contribution in [-0.2, 0) is 0 Å². The van der Waals surface area contributed by atoms with Crippen LogP contribution >= 0.6 is 11.3 Å². The molecule has 110 valence electrons. The summed E-state index contributed by atoms with van der Waals surface area (Å²) in [5.41, 5.74) is 2.51. The van der Waals surface area contributed by atoms with E-state index in [-0.39, 0.29) is 11.3 Å². The van der Waals surface area contributed by atoms with Gasteiger partial charge >= 0.3 is 5.97 Å². The van der Waals surface area contributed by atoms with Gasteiger partial charge in [-0.1, -0.05) is 30.3 Å². The van der Waals surface area contributed by atoms with E-state index in [2.05, 4.69) is 10.3 Å². The van der Waals surface area contributed by atoms with Gasteiger partial charge in [0.25, 0.3) is 0 Å². The zero-order valence-corrected chi connectivity index (χ0v) is 12.1. The molecule has 22 heavy (non-hydrogen) atoms. The smallest absolute Gasteiger partial charge is 0.335 e. The predicted molar refractivity (Wildman–Crippen MR) is 83.7 cm³/mol. The third-order valence-corrected chi connectivity index (χ3v) is 3.77. The lowest BCUT2D eigenvalue weighted by molar-refractivity contribution is -0.268. The molecule has 0 aliphatic heterocycles. The first-order valence-electron chi connectivity index (χ1n) is 6.45. The molecule has 2 N–H and O–H groups in total. The first-order chi connectivity index (χ1) is 10.6. The number of aromatic nitrogens is 1. The van der Waals surface area contributed by atoms with E-state index in [4.69, 9.17) is 5.11 Å². The topological polar surface area (TPSA) is 85.3 Å². The van der Waals surface area contributed by atoms with Crippen molar-refractivity contribution in [1.29, 1.82) is 0 Å². The number of carboxylic acids is 1. The van der Waals surface area contributed by atoms with Gasteiger partial charge in [-0.15, -0.1) is 17.1 Å². The number of thiazole rings is 1. The van der Waals surface area contributed by atoms with Crippen molar-refractivity contribution in [3.8, 4) is 17.0 Å². The molecule has 0 aliphatic rings. The zero-order chi connectivity index (χ0) is 15.5. The van der Waals surface area contributed by atoms with E-state index in [1.807, 2.05) is 5.38 Å². The summed E-state index contributed by atoms with van der Waals surface area (Å²) in [4.78, 5) is 15.4. The average molecular weight is 311 g/mol. The monoisotopic (exact) mass is 311 g/mol. The van der Waals surface area contributed by atoms with Crippen molar-refractivity contribution in [2.45, 2.75) is 0 Å². The molecule has 3 aromatic rings. The van der Waals surface area contributed by atoms with E-state index in [0.717, 1.165) is 11.3 Å². The van der Waals surface area contributed by atoms with Crippen molar-refractivity contribution in [1.82, 2.24) is 4.98 Å². The van der Waals surface area contributed by atoms with Crippen molar-refractivity contribution in [3.05, 3.63) is 59.5 Å². The van der Waals surface area contributed by atoms with Crippen LogP contribution in [-0.4, -0.2) is 16.1 Å². The number of nitrogens with zero attached hydrogens (tertiary/aromatic N) is 1. The van der Waals surface area contributed by atoms with Crippen molar-refractivity contribution in [3.63, 3.8) is 0 Å². The van der Waals surface area contributed by atoms with Gasteiger partial charge in [0.1, 0.15) is 0 Å². The highest BCUT2D eigenvalue weighted by molar-refractivity contribution is 7.14. The predicted octanol–water partition coefficient (Wildman–Crippen LogP) is 3.33. The van der Waals surface area contributed by atoms with Crippen LogP contribution in [0.4, 0.5) is 10.8 Å². The van der Waals surface area contributed by atoms with Gasteiger partial charge < -0.3 is 15.5 Å². The molecule has 0 amide bonds. The summed E-state index contributed by atoms with van der Waals surface area (Å²) in [7, 11) is 0. The Kier molecular flexibility index (Phi) is 3.76. The van der Waals surface area contributed by atoms with Gasteiger partial charge in [0.15, 0.2) is 5.13 Å². The molecule has 3 rings (SSSR count). The second-order valence-electron chi connectivity index (χ2n) is 4.57. The van der Waals surface area contributed by atoms with Crippen molar-refractivity contribution < 1.29 is 15.0 Å². The van der Waals surface area contributed by atoms with Crippen LogP contribution in [0.25, 0.3) is 11.3 Å². The second-order valence-corrected chi connectivity index (χ2v) is 5.43. The molecule has 0 unspecified atom stereocenters. The van der Waals surface area contributed by atoms with Crippen molar-refractivity contribution in [2.75, 3.05) is 5.32 Å². The van der Waals surface area contributed by atoms with Crippen molar-refractivity contribution in [2.24, 2.45) is 0 Å². The van der Waals surface area contributed by atoms with Gasteiger partial charge in [0.2, 0.25) is 0 Å². The van der Waals surface area contributed by atoms with Crippen LogP contribution in [0.15, 0.2) is 53.9 Å². The van der Waals surface area contributed by atoms with Crippen LogP contribution in [0.2, 0.25) is 0 Å². The number of hydrogen-bond acceptors (Lipinski definition) is 5. The summed E-state index contributed by atoms with van der Waals surface area (Å²) in [5.74, 6) is -1.01. The fourth-order valence-corrected chi connectivity index (χ4v) is 2.68. The van der Waals surface area contributed by atoms with Crippen LogP contribution in [0.3, 0.4) is 0 Å². The molecule has 0 saturated carbocycles. The maximum absolute atomic E-state index is 11.1. The highest BCUT2D eigenvalue weighted by Crippen LogP contribution is 2.28. The Hall–Kier alpha value is -2.86. The number of anilines is 2. The first-order valence-corrected chi connectivity index (χ1v) is 7.33. The molecule has 5 nitrogen and oxygen atoms in total. The minimum atomic E-state index is -0.971. The largest absolute Gasteiger partial charge is 0.872 e. The molecule has 6 heteroatoms. The molecular formula is C16H11N2O3S-. The van der Waals surface area contributed by atoms with E-state index in [0.29, 0.717) is 10.8 Å². The molecular weight excluding hydrogens is 300 g/mol. The third-order valence-electron chi connectivity index (χ3n) is 3.02. The Bertz CT molecular complexity index is 812. The van der Waals surface area contributed by atoms with Crippen LogP contribution in [0.5, 0.6) is 5.75 Å². The molecule has 0 fully saturated rings. The van der Waals surface area contributed by atoms with E-state index in [9.17, 15) is 9.90 Å². The summed E-state index contributed by atoms with van der Waals surface area (Å²) in [6, 6.07) is 13.0. The summed E-state index contributed by atoms with van der Waals surface area (Å²) in [6.45, 7) is 0. The fourth-order valence-electron chi connectivity index (χ4n) is 1.94. The molecule has 2 aromatic carbocycles. The van der Waals surface area contributed by atoms with Crippen LogP contribution < -0.4 is 10.4 Å². The first kappa shape index (κ1) is 14.1. The van der Waals surface area contributed by atoms with Crippen LogP contribution in [0, 0.1) is 0 Å². The quantitative estimate of drug-likeness (QED) is 0.772. The number of carbonyl (C=O) groups is 1. The average Bonchev–Trinajstić information content (AvgIpc) is 2.96. The van der Waals surface area contributed by atoms with E-state index < -0.39 is 5.97 Å². The number of hydrogen-bond donors (Lipinski definition) is 2. The van der Waals surface area contributed by atoms with Crippen LogP contribution in [0.1, 0.15) is 10.4 Å². The summed E-state index contributed by atoms with van der Waals surface area (Å²) >= 11 is 1.41. The molecule has 0 bridgehead atoms. The van der Waals surface area contributed by atoms with E-state index in [1.165, 1.54) is 29.5 Å². The van der Waals surface area contributed by atoms with Crippen molar-refractivity contribution >= 4 is 28.1 Å². The molecule has 0 aliphatic carbocycles. The normalized spacial score (nSPS) is 10.4. The third kappa shape index (κ3) is 3.07. The number of aromatic carboxylic acids is 1. The number of carboxylic acid groups (broad SMARTS) is 1. The fraction of sp³-hybridized carbons (Fsp3) is 0. The lowest BCUT2D eigenvalue weighted by atomic mass is 10.2. The molecule has 1 aromatic heterocycles. The highest BCUT2D eigenvalue weighted by Gasteiger charge is 2.06. The second kappa shape index (κ2) is 5.87. The van der Waals surface area contributed by atoms with Gasteiger partial charge in [-0.25, -0.2) is 9.78 Å². The standard InChI is InChI=1S/C16H12N2O3S/c19-13-6-4-10(5-7-13)14-9-22-16(18-14)17-12-3-1-2-11(8-12)15(20)21/h1-9,19H,(H,17,18)(H,20,21)/p-1. The summed E-state index contributed by atoms with van der Waals surface area (Å²) in [6.07, 6.45) is 0. The van der Waals surface area contributed by atoms with Gasteiger partial charge in [-0.05, 0) is 18.2 Å². The van der Waals surface area contributed by atoms with Gasteiger partial charge in [-0.2, -0.15) is 0 Å². The van der Waals surface area contributed by atoms with E-state index >= 15 is 0 Å². The van der Waals surface area contributed by atoms with Gasteiger partial charge in [0.05, 0.1) is 11.3 Å². The minimum absolute atomic E-state index is 0.0391. The Morgan fingerprint density at radius 3 is 2.68 bits per heavy atom. The lowest BCUT2D eigenvalue weighted by Gasteiger charge is -2.05. The molecule has 1 heterocycles. The number of nitrogens with one attached hydrogen (secondary N) is 1. The molecule has 0 saturated heterocycles. The SMILES string of the molecule is O=C(O)c1cccc(Nc2nc(-c3ccc([O-])cc3)cs2)c1. The highest BCUT2D eigenvalue weighted by atomic mass is 32.1. The number of rotatable bonds is 4. The summed E-state index contributed by atoms with van der Waals surface area (Å²) < 4.78 is 0. The zero-order valence-electron chi connectivity index (χ0n) is 11.3. The van der Waals surface area contributed by atoms with Gasteiger partial charge in [0, 0.05) is 16.6 Å². The maximum Gasteiger partial charge on any atom is 0.335 e. The number of benzene rings is 2. The molecule has 0 radical (unpaired) electrons. The Labute approximate surface area is 130 Å². The van der Waals surface area contributed by atoms with E-state index in [1.54, 1.807) is 30.3 Å². The molecule has 0 spiro atoms. The Morgan fingerprint density at radius 1 is 1.18 bits per heavy atom. The maximum atomic E-state index is 11.1. The minimum Gasteiger partial charge on any atom is -0.872 e. The molecule has 0 atom stereocenters. The summed E-state index contributed by atoms with van der Waals surface area (Å²) in [5, 5.41) is 25.7.